The minimum Gasteiger partial charge on any atom is -0.480 e. The number of hydrogen-bond donors (Lipinski definition) is 1. The van der Waals surface area contributed by atoms with Crippen molar-refractivity contribution in [2.45, 2.75) is 31.5 Å². The van der Waals surface area contributed by atoms with E-state index in [2.05, 4.69) is 0 Å². The molecule has 0 radical (unpaired) electrons. The van der Waals surface area contributed by atoms with Crippen LogP contribution < -0.4 is 5.56 Å². The highest BCUT2D eigenvalue weighted by molar-refractivity contribution is 5.66. The van der Waals surface area contributed by atoms with Gasteiger partial charge in [0.05, 0.1) is 5.56 Å². The molecule has 0 saturated heterocycles. The molecule has 1 aromatic heterocycles. The average molecular weight is 261 g/mol. The minimum absolute atomic E-state index is 0.0612. The van der Waals surface area contributed by atoms with Crippen molar-refractivity contribution in [1.29, 1.82) is 0 Å². The molecular weight excluding hydrogens is 251 g/mol. The molecular formula is C11H10F3NO3. The van der Waals surface area contributed by atoms with Crippen LogP contribution in [0.25, 0.3) is 0 Å². The van der Waals surface area contributed by atoms with Crippen molar-refractivity contribution in [3.8, 4) is 0 Å². The fourth-order valence-electron chi connectivity index (χ4n) is 1.76. The van der Waals surface area contributed by atoms with Crippen molar-refractivity contribution in [2.24, 2.45) is 0 Å². The quantitative estimate of drug-likeness (QED) is 0.903. The lowest BCUT2D eigenvalue weighted by atomic mass is 10.1. The molecule has 1 aliphatic rings. The number of rotatable bonds is 3. The van der Waals surface area contributed by atoms with Crippen LogP contribution in [0.2, 0.25) is 0 Å². The third kappa shape index (κ3) is 2.55. The van der Waals surface area contributed by atoms with E-state index in [0.717, 1.165) is 6.07 Å². The summed E-state index contributed by atoms with van der Waals surface area (Å²) in [6.07, 6.45) is -2.69. The van der Waals surface area contributed by atoms with Gasteiger partial charge in [0.15, 0.2) is 0 Å². The maximum atomic E-state index is 12.6. The molecule has 0 aliphatic heterocycles. The third-order valence-corrected chi connectivity index (χ3v) is 2.76. The summed E-state index contributed by atoms with van der Waals surface area (Å²) in [6, 6.07) is 0.832. The highest BCUT2D eigenvalue weighted by Gasteiger charge is 2.35. The van der Waals surface area contributed by atoms with Crippen LogP contribution in [0.15, 0.2) is 17.1 Å². The molecule has 1 aliphatic carbocycles. The number of carbonyl (C=O) groups is 1. The van der Waals surface area contributed by atoms with E-state index in [9.17, 15) is 22.8 Å². The fourth-order valence-corrected chi connectivity index (χ4v) is 1.76. The van der Waals surface area contributed by atoms with Gasteiger partial charge in [-0.25, -0.2) is 0 Å². The molecule has 7 heteroatoms. The van der Waals surface area contributed by atoms with Gasteiger partial charge >= 0.3 is 12.1 Å². The molecule has 0 spiro atoms. The molecule has 1 aromatic rings. The van der Waals surface area contributed by atoms with Crippen LogP contribution in [-0.4, -0.2) is 15.6 Å². The van der Waals surface area contributed by atoms with Gasteiger partial charge in [-0.3, -0.25) is 9.59 Å². The number of aromatic nitrogens is 1. The predicted molar refractivity (Wildman–Crippen MR) is 55.3 cm³/mol. The van der Waals surface area contributed by atoms with Gasteiger partial charge in [-0.15, -0.1) is 0 Å². The zero-order valence-electron chi connectivity index (χ0n) is 9.20. The first-order valence-corrected chi connectivity index (χ1v) is 5.32. The van der Waals surface area contributed by atoms with Gasteiger partial charge in [-0.2, -0.15) is 13.2 Å². The first kappa shape index (κ1) is 12.7. The monoisotopic (exact) mass is 261 g/mol. The Morgan fingerprint density at radius 3 is 2.50 bits per heavy atom. The molecule has 98 valence electrons. The fraction of sp³-hybridized carbons (Fsp3) is 0.455. The van der Waals surface area contributed by atoms with E-state index in [-0.39, 0.29) is 11.5 Å². The van der Waals surface area contributed by atoms with E-state index < -0.39 is 29.8 Å². The smallest absolute Gasteiger partial charge is 0.417 e. The molecule has 4 nitrogen and oxygen atoms in total. The normalized spacial score (nSPS) is 15.7. The average Bonchev–Trinajstić information content (AvgIpc) is 3.02. The van der Waals surface area contributed by atoms with Crippen molar-refractivity contribution >= 4 is 5.97 Å². The van der Waals surface area contributed by atoms with Gasteiger partial charge < -0.3 is 9.67 Å². The number of alkyl halides is 3. The number of nitrogens with zero attached hydrogens (tertiary/aromatic N) is 1. The van der Waals surface area contributed by atoms with Crippen LogP contribution in [0.3, 0.4) is 0 Å². The van der Waals surface area contributed by atoms with E-state index in [1.807, 2.05) is 0 Å². The molecule has 1 heterocycles. The summed E-state index contributed by atoms with van der Waals surface area (Å²) in [4.78, 5) is 22.3. The maximum Gasteiger partial charge on any atom is 0.417 e. The molecule has 0 bridgehead atoms. The molecule has 1 fully saturated rings. The molecule has 18 heavy (non-hydrogen) atoms. The predicted octanol–water partition coefficient (Wildman–Crippen LogP) is 1.83. The second-order valence-electron chi connectivity index (χ2n) is 4.28. The van der Waals surface area contributed by atoms with Crippen molar-refractivity contribution in [3.05, 3.63) is 33.7 Å². The van der Waals surface area contributed by atoms with Crippen molar-refractivity contribution < 1.29 is 23.1 Å². The Bertz CT molecular complexity index is 543. The van der Waals surface area contributed by atoms with E-state index in [0.29, 0.717) is 23.6 Å². The van der Waals surface area contributed by atoms with Gasteiger partial charge in [0, 0.05) is 11.8 Å². The van der Waals surface area contributed by atoms with Crippen molar-refractivity contribution in [1.82, 2.24) is 4.57 Å². The number of aliphatic carboxylic acids is 1. The highest BCUT2D eigenvalue weighted by Crippen LogP contribution is 2.40. The lowest BCUT2D eigenvalue weighted by Gasteiger charge is -2.12. The van der Waals surface area contributed by atoms with E-state index in [1.54, 1.807) is 0 Å². The topological polar surface area (TPSA) is 59.3 Å². The second kappa shape index (κ2) is 4.15. The summed E-state index contributed by atoms with van der Waals surface area (Å²) in [7, 11) is 0. The van der Waals surface area contributed by atoms with E-state index >= 15 is 0 Å². The number of carboxylic acids is 1. The molecule has 0 atom stereocenters. The lowest BCUT2D eigenvalue weighted by Crippen LogP contribution is -2.28. The summed E-state index contributed by atoms with van der Waals surface area (Å²) in [5.74, 6) is -1.52. The first-order chi connectivity index (χ1) is 8.29. The minimum atomic E-state index is -4.59. The summed E-state index contributed by atoms with van der Waals surface area (Å²) in [6.45, 7) is -0.761. The number of halogens is 3. The van der Waals surface area contributed by atoms with E-state index in [1.165, 1.54) is 0 Å². The molecule has 0 aromatic carbocycles. The molecule has 0 unspecified atom stereocenters. The molecule has 1 N–H and O–H groups in total. The largest absolute Gasteiger partial charge is 0.480 e. The van der Waals surface area contributed by atoms with Gasteiger partial charge in [0.25, 0.3) is 5.56 Å². The Labute approximate surface area is 99.7 Å². The van der Waals surface area contributed by atoms with Crippen molar-refractivity contribution in [2.75, 3.05) is 0 Å². The number of pyridine rings is 1. The van der Waals surface area contributed by atoms with Crippen LogP contribution in [0.1, 0.15) is 29.9 Å². The zero-order valence-corrected chi connectivity index (χ0v) is 9.20. The number of hydrogen-bond acceptors (Lipinski definition) is 2. The molecule has 0 amide bonds. The Hall–Kier alpha value is -1.79. The summed E-state index contributed by atoms with van der Waals surface area (Å²) < 4.78 is 38.5. The molecule has 2 rings (SSSR count). The summed E-state index contributed by atoms with van der Waals surface area (Å²) in [5, 5.41) is 8.59. The maximum absolute atomic E-state index is 12.6. The Morgan fingerprint density at radius 1 is 1.44 bits per heavy atom. The van der Waals surface area contributed by atoms with E-state index in [4.69, 9.17) is 5.11 Å². The summed E-state index contributed by atoms with van der Waals surface area (Å²) in [5.41, 5.74) is -1.57. The second-order valence-corrected chi connectivity index (χ2v) is 4.28. The standard InChI is InChI=1S/C11H10F3NO3/c12-11(13,14)7-3-8(6-1-2-6)10(18)15(4-7)5-9(16)17/h3-4,6H,1-2,5H2,(H,16,17). The SMILES string of the molecule is O=C(O)Cn1cc(C(F)(F)F)cc(C2CC2)c1=O. The first-order valence-electron chi connectivity index (χ1n) is 5.32. The van der Waals surface area contributed by atoms with Gasteiger partial charge in [0.2, 0.25) is 0 Å². The van der Waals surface area contributed by atoms with Crippen LogP contribution >= 0.6 is 0 Å². The van der Waals surface area contributed by atoms with Gasteiger partial charge in [-0.1, -0.05) is 0 Å². The summed E-state index contributed by atoms with van der Waals surface area (Å²) >= 11 is 0. The Balaban J connectivity index is 2.54. The van der Waals surface area contributed by atoms with Gasteiger partial charge in [0.1, 0.15) is 6.54 Å². The highest BCUT2D eigenvalue weighted by atomic mass is 19.4. The van der Waals surface area contributed by atoms with Crippen molar-refractivity contribution in [3.63, 3.8) is 0 Å². The van der Waals surface area contributed by atoms with Crippen LogP contribution in [0.4, 0.5) is 13.2 Å². The number of carboxylic acid groups (broad SMARTS) is 1. The Kier molecular flexibility index (Phi) is 2.92. The van der Waals surface area contributed by atoms with Crippen LogP contribution in [-0.2, 0) is 17.5 Å². The Morgan fingerprint density at radius 2 is 2.06 bits per heavy atom. The van der Waals surface area contributed by atoms with Crippen LogP contribution in [0, 0.1) is 0 Å². The lowest BCUT2D eigenvalue weighted by molar-refractivity contribution is -0.140. The molecule has 1 saturated carbocycles. The zero-order chi connectivity index (χ0) is 13.5. The third-order valence-electron chi connectivity index (χ3n) is 2.76. The van der Waals surface area contributed by atoms with Gasteiger partial charge in [-0.05, 0) is 24.8 Å². The van der Waals surface area contributed by atoms with Crippen LogP contribution in [0.5, 0.6) is 0 Å².